The third-order valence-electron chi connectivity index (χ3n) is 5.48. The van der Waals surface area contributed by atoms with Crippen LogP contribution in [-0.4, -0.2) is 35.0 Å². The molecule has 0 unspecified atom stereocenters. The molecule has 36 heavy (non-hydrogen) atoms. The van der Waals surface area contributed by atoms with Crippen LogP contribution in [0.4, 0.5) is 17.1 Å². The van der Waals surface area contributed by atoms with Crippen LogP contribution in [0.25, 0.3) is 0 Å². The van der Waals surface area contributed by atoms with Gasteiger partial charge in [-0.05, 0) is 61.4 Å². The number of anilines is 3. The van der Waals surface area contributed by atoms with Gasteiger partial charge >= 0.3 is 0 Å². The highest BCUT2D eigenvalue weighted by Gasteiger charge is 2.33. The van der Waals surface area contributed by atoms with Gasteiger partial charge in [0.2, 0.25) is 5.78 Å². The Labute approximate surface area is 209 Å². The van der Waals surface area contributed by atoms with E-state index in [2.05, 4.69) is 10.6 Å². The molecular weight excluding hydrogens is 460 g/mol. The minimum atomic E-state index is -0.604. The van der Waals surface area contributed by atoms with Crippen molar-refractivity contribution in [1.82, 2.24) is 0 Å². The molecule has 0 aromatic heterocycles. The van der Waals surface area contributed by atoms with Gasteiger partial charge < -0.3 is 30.3 Å². The molecule has 0 bridgehead atoms. The van der Waals surface area contributed by atoms with E-state index in [1.807, 2.05) is 13.8 Å². The standard InChI is InChI=1S/C28H28N2O6/c1-3-13-35-19-9-5-17(6-10-19)29-21-15-23(31)26-25(27(21)33)24(32)16-22(28(26)34)30-18-7-11-20(12-8-18)36-14-4-2/h5-12,15-16,29-31,33H,3-4,13-14H2,1-2H3. The topological polar surface area (TPSA) is 117 Å². The van der Waals surface area contributed by atoms with Gasteiger partial charge in [-0.15, -0.1) is 0 Å². The number of aromatic hydroxyl groups is 2. The molecule has 4 N–H and O–H groups in total. The van der Waals surface area contributed by atoms with E-state index in [0.717, 1.165) is 18.9 Å². The summed E-state index contributed by atoms with van der Waals surface area (Å²) in [6.45, 7) is 5.23. The number of nitrogens with one attached hydrogen (secondary N) is 2. The maximum Gasteiger partial charge on any atom is 0.213 e. The maximum atomic E-state index is 13.1. The summed E-state index contributed by atoms with van der Waals surface area (Å²) in [6.07, 6.45) is 2.90. The first-order valence-corrected chi connectivity index (χ1v) is 11.8. The molecular formula is C28H28N2O6. The third kappa shape index (κ3) is 5.27. The highest BCUT2D eigenvalue weighted by Crippen LogP contribution is 2.41. The molecule has 8 nitrogen and oxygen atoms in total. The van der Waals surface area contributed by atoms with E-state index in [0.29, 0.717) is 36.1 Å². The second-order valence-corrected chi connectivity index (χ2v) is 8.29. The number of rotatable bonds is 10. The number of carbonyl (C=O) groups excluding carboxylic acids is 2. The first kappa shape index (κ1) is 24.7. The van der Waals surface area contributed by atoms with Gasteiger partial charge in [-0.1, -0.05) is 13.8 Å². The van der Waals surface area contributed by atoms with Crippen LogP contribution in [0, 0.1) is 0 Å². The third-order valence-corrected chi connectivity index (χ3v) is 5.48. The van der Waals surface area contributed by atoms with Crippen molar-refractivity contribution in [2.75, 3.05) is 23.8 Å². The van der Waals surface area contributed by atoms with Gasteiger partial charge in [-0.2, -0.15) is 0 Å². The summed E-state index contributed by atoms with van der Waals surface area (Å²) in [5.74, 6) is -0.641. The van der Waals surface area contributed by atoms with Gasteiger partial charge in [0.05, 0.1) is 35.7 Å². The SMILES string of the molecule is CCCOc1ccc(NC2=CC(=O)c3c(O)c(Nc4ccc(OCCC)cc4)cc(O)c3C2=O)cc1. The van der Waals surface area contributed by atoms with Crippen LogP contribution in [0.5, 0.6) is 23.0 Å². The Balaban J connectivity index is 1.55. The Hall–Kier alpha value is -4.46. The highest BCUT2D eigenvalue weighted by atomic mass is 16.5. The molecule has 0 amide bonds. The fourth-order valence-electron chi connectivity index (χ4n) is 3.74. The number of ether oxygens (including phenoxy) is 2. The van der Waals surface area contributed by atoms with E-state index >= 15 is 0 Å². The van der Waals surface area contributed by atoms with Gasteiger partial charge in [0.25, 0.3) is 0 Å². The average Bonchev–Trinajstić information content (AvgIpc) is 2.88. The van der Waals surface area contributed by atoms with Crippen LogP contribution in [0.1, 0.15) is 47.4 Å². The lowest BCUT2D eigenvalue weighted by atomic mass is 9.90. The number of hydrogen-bond donors (Lipinski definition) is 4. The van der Waals surface area contributed by atoms with Gasteiger partial charge in [0.15, 0.2) is 11.5 Å². The number of fused-ring (bicyclic) bond motifs is 1. The monoisotopic (exact) mass is 488 g/mol. The Kier molecular flexibility index (Phi) is 7.44. The highest BCUT2D eigenvalue weighted by molar-refractivity contribution is 6.28. The number of Topliss-reactive ketones (excluding diaryl/α,β-unsaturated/α-hetero) is 1. The molecule has 3 aromatic carbocycles. The number of allylic oxidation sites excluding steroid dienone is 2. The lowest BCUT2D eigenvalue weighted by Crippen LogP contribution is -2.22. The zero-order chi connectivity index (χ0) is 25.7. The molecule has 0 saturated carbocycles. The number of benzene rings is 3. The average molecular weight is 489 g/mol. The summed E-state index contributed by atoms with van der Waals surface area (Å²) in [5.41, 5.74) is 0.767. The summed E-state index contributed by atoms with van der Waals surface area (Å²) in [6, 6.07) is 15.2. The normalized spacial score (nSPS) is 12.6. The molecule has 0 spiro atoms. The summed E-state index contributed by atoms with van der Waals surface area (Å²) in [5, 5.41) is 27.4. The van der Waals surface area contributed by atoms with E-state index in [4.69, 9.17) is 9.47 Å². The van der Waals surface area contributed by atoms with Crippen LogP contribution in [0.3, 0.4) is 0 Å². The number of ketones is 2. The molecule has 8 heteroatoms. The Morgan fingerprint density at radius 3 is 1.81 bits per heavy atom. The second kappa shape index (κ2) is 10.9. The molecule has 186 valence electrons. The molecule has 0 heterocycles. The zero-order valence-electron chi connectivity index (χ0n) is 20.1. The molecule has 1 aliphatic carbocycles. The van der Waals surface area contributed by atoms with Crippen molar-refractivity contribution in [2.45, 2.75) is 26.7 Å². The predicted octanol–water partition coefficient (Wildman–Crippen LogP) is 5.79. The first-order valence-electron chi connectivity index (χ1n) is 11.8. The van der Waals surface area contributed by atoms with E-state index in [1.54, 1.807) is 48.5 Å². The Bertz CT molecular complexity index is 1300. The second-order valence-electron chi connectivity index (χ2n) is 8.29. The first-order chi connectivity index (χ1) is 17.4. The minimum Gasteiger partial charge on any atom is -0.507 e. The molecule has 4 rings (SSSR count). The van der Waals surface area contributed by atoms with Crippen LogP contribution in [-0.2, 0) is 0 Å². The van der Waals surface area contributed by atoms with Gasteiger partial charge in [-0.3, -0.25) is 9.59 Å². The number of phenols is 2. The van der Waals surface area contributed by atoms with Crippen molar-refractivity contribution in [2.24, 2.45) is 0 Å². The van der Waals surface area contributed by atoms with Crippen LogP contribution in [0.2, 0.25) is 0 Å². The fourth-order valence-corrected chi connectivity index (χ4v) is 3.74. The zero-order valence-corrected chi connectivity index (χ0v) is 20.1. The van der Waals surface area contributed by atoms with Gasteiger partial charge in [0, 0.05) is 23.5 Å². The quantitative estimate of drug-likeness (QED) is 0.209. The van der Waals surface area contributed by atoms with E-state index in [1.165, 1.54) is 6.07 Å². The molecule has 0 saturated heterocycles. The van der Waals surface area contributed by atoms with Crippen molar-refractivity contribution in [3.05, 3.63) is 77.5 Å². The summed E-state index contributed by atoms with van der Waals surface area (Å²) in [7, 11) is 0. The van der Waals surface area contributed by atoms with Crippen molar-refractivity contribution in [3.8, 4) is 23.0 Å². The minimum absolute atomic E-state index is 0.00666. The lowest BCUT2D eigenvalue weighted by Gasteiger charge is -2.21. The van der Waals surface area contributed by atoms with Crippen molar-refractivity contribution in [3.63, 3.8) is 0 Å². The van der Waals surface area contributed by atoms with Gasteiger partial charge in [0.1, 0.15) is 17.2 Å². The summed E-state index contributed by atoms with van der Waals surface area (Å²) < 4.78 is 11.1. The molecule has 0 radical (unpaired) electrons. The molecule has 0 atom stereocenters. The smallest absolute Gasteiger partial charge is 0.213 e. The predicted molar refractivity (Wildman–Crippen MR) is 138 cm³/mol. The molecule has 0 fully saturated rings. The Morgan fingerprint density at radius 2 is 1.28 bits per heavy atom. The molecule has 1 aliphatic rings. The van der Waals surface area contributed by atoms with Crippen molar-refractivity contribution < 1.29 is 29.3 Å². The Morgan fingerprint density at radius 1 is 0.750 bits per heavy atom. The van der Waals surface area contributed by atoms with Crippen LogP contribution < -0.4 is 20.1 Å². The van der Waals surface area contributed by atoms with Crippen LogP contribution in [0.15, 0.2) is 66.4 Å². The molecule has 0 aliphatic heterocycles. The van der Waals surface area contributed by atoms with Crippen molar-refractivity contribution in [1.29, 1.82) is 0 Å². The van der Waals surface area contributed by atoms with Crippen molar-refractivity contribution >= 4 is 28.6 Å². The molecule has 3 aromatic rings. The summed E-state index contributed by atoms with van der Waals surface area (Å²) >= 11 is 0. The maximum absolute atomic E-state index is 13.1. The number of hydrogen-bond acceptors (Lipinski definition) is 8. The largest absolute Gasteiger partial charge is 0.507 e. The lowest BCUT2D eigenvalue weighted by molar-refractivity contribution is 0.0980. The summed E-state index contributed by atoms with van der Waals surface area (Å²) in [4.78, 5) is 26.1. The van der Waals surface area contributed by atoms with E-state index in [-0.39, 0.29) is 22.5 Å². The number of carbonyl (C=O) groups is 2. The fraction of sp³-hybridized carbons (Fsp3) is 0.214. The number of phenolic OH excluding ortho intramolecular Hbond substituents is 2. The van der Waals surface area contributed by atoms with Crippen LogP contribution >= 0.6 is 0 Å². The van der Waals surface area contributed by atoms with Gasteiger partial charge in [-0.25, -0.2) is 0 Å². The van der Waals surface area contributed by atoms with E-state index in [9.17, 15) is 19.8 Å². The van der Waals surface area contributed by atoms with E-state index < -0.39 is 23.1 Å².